The van der Waals surface area contributed by atoms with Crippen LogP contribution in [0.2, 0.25) is 0 Å². The number of thiazole rings is 1. The van der Waals surface area contributed by atoms with Crippen LogP contribution in [0.15, 0.2) is 23.2 Å². The third-order valence-corrected chi connectivity index (χ3v) is 9.49. The van der Waals surface area contributed by atoms with Crippen LogP contribution < -0.4 is 10.1 Å². The standard InChI is InChI=1S/C24H22N4O8S3/c1-3-10-27-16-9-8-14(28(32)33)11-18(16)38-24(27)26-20(30)13-39(34,35)12-19(29)25-22-21(23(31)36-2)15-6-4-5-7-17(15)37-22/h1,8-9,11H,4-7,10,12-13H2,2H3,(H,25,29). The molecule has 0 unspecified atom stereocenters. The molecule has 1 aliphatic rings. The number of carbonyl (C=O) groups is 3. The Balaban J connectivity index is 1.53. The minimum Gasteiger partial charge on any atom is -0.465 e. The summed E-state index contributed by atoms with van der Waals surface area (Å²) in [6, 6.07) is 4.06. The zero-order valence-electron chi connectivity index (χ0n) is 20.6. The van der Waals surface area contributed by atoms with Gasteiger partial charge < -0.3 is 14.6 Å². The quantitative estimate of drug-likeness (QED) is 0.181. The van der Waals surface area contributed by atoms with Gasteiger partial charge in [-0.2, -0.15) is 4.99 Å². The highest BCUT2D eigenvalue weighted by molar-refractivity contribution is 7.92. The first kappa shape index (κ1) is 28.1. The van der Waals surface area contributed by atoms with Crippen LogP contribution in [0.4, 0.5) is 10.7 Å². The summed E-state index contributed by atoms with van der Waals surface area (Å²) in [7, 11) is -3.01. The number of benzene rings is 1. The lowest BCUT2D eigenvalue weighted by molar-refractivity contribution is -0.384. The zero-order chi connectivity index (χ0) is 28.3. The summed E-state index contributed by atoms with van der Waals surface area (Å²) >= 11 is 2.16. The van der Waals surface area contributed by atoms with Gasteiger partial charge in [0.05, 0.1) is 34.4 Å². The number of carbonyl (C=O) groups excluding carboxylic acids is 3. The summed E-state index contributed by atoms with van der Waals surface area (Å²) in [5.74, 6) is -2.19. The smallest absolute Gasteiger partial charge is 0.341 e. The number of fused-ring (bicyclic) bond motifs is 2. The molecule has 0 bridgehead atoms. The number of nitro benzene ring substituents is 1. The number of methoxy groups -OCH3 is 1. The van der Waals surface area contributed by atoms with E-state index in [-0.39, 0.29) is 27.6 Å². The van der Waals surface area contributed by atoms with E-state index < -0.39 is 44.0 Å². The minimum atomic E-state index is -4.24. The molecule has 1 aromatic carbocycles. The highest BCUT2D eigenvalue weighted by atomic mass is 32.2. The predicted molar refractivity (Wildman–Crippen MR) is 145 cm³/mol. The number of non-ortho nitro benzene ring substituents is 1. The Kier molecular flexibility index (Phi) is 8.28. The zero-order valence-corrected chi connectivity index (χ0v) is 23.0. The molecule has 0 atom stereocenters. The van der Waals surface area contributed by atoms with Gasteiger partial charge in [-0.3, -0.25) is 19.7 Å². The second-order valence-corrected chi connectivity index (χ2v) is 12.8. The van der Waals surface area contributed by atoms with Gasteiger partial charge in [0.1, 0.15) is 16.5 Å². The number of rotatable bonds is 8. The summed E-state index contributed by atoms with van der Waals surface area (Å²) in [4.78, 5) is 53.0. The molecule has 0 fully saturated rings. The number of anilines is 1. The molecule has 1 N–H and O–H groups in total. The second-order valence-electron chi connectivity index (χ2n) is 8.58. The number of esters is 1. The van der Waals surface area contributed by atoms with E-state index in [0.29, 0.717) is 16.6 Å². The molecule has 12 nitrogen and oxygen atoms in total. The number of nitrogens with zero attached hydrogens (tertiary/aromatic N) is 3. The Bertz CT molecular complexity index is 1720. The largest absolute Gasteiger partial charge is 0.465 e. The number of hydrogen-bond donors (Lipinski definition) is 1. The maximum Gasteiger partial charge on any atom is 0.341 e. The summed E-state index contributed by atoms with van der Waals surface area (Å²) < 4.78 is 32.1. The summed E-state index contributed by atoms with van der Waals surface area (Å²) in [5, 5.41) is 13.8. The number of terminal acetylenes is 1. The van der Waals surface area contributed by atoms with E-state index >= 15 is 0 Å². The number of aryl methyl sites for hydroxylation is 1. The van der Waals surface area contributed by atoms with Gasteiger partial charge in [-0.05, 0) is 37.3 Å². The van der Waals surface area contributed by atoms with Gasteiger partial charge in [0.15, 0.2) is 14.6 Å². The van der Waals surface area contributed by atoms with E-state index in [4.69, 9.17) is 11.2 Å². The average molecular weight is 591 g/mol. The Labute approximate surface area is 230 Å². The fraction of sp³-hybridized carbons (Fsp3) is 0.333. The van der Waals surface area contributed by atoms with Crippen LogP contribution in [0.3, 0.4) is 0 Å². The molecule has 2 aromatic heterocycles. The summed E-state index contributed by atoms with van der Waals surface area (Å²) in [5.41, 5.74) is 1.37. The van der Waals surface area contributed by atoms with Gasteiger partial charge >= 0.3 is 5.97 Å². The van der Waals surface area contributed by atoms with Crippen molar-refractivity contribution in [3.63, 3.8) is 0 Å². The van der Waals surface area contributed by atoms with E-state index in [1.165, 1.54) is 41.2 Å². The third kappa shape index (κ3) is 6.24. The Morgan fingerprint density at radius 2 is 1.97 bits per heavy atom. The SMILES string of the molecule is C#CCn1c(=NC(=O)CS(=O)(=O)CC(=O)Nc2sc3c(c2C(=O)OC)CCCC3)sc2cc([N+](=O)[O-])ccc21. The Morgan fingerprint density at radius 3 is 2.67 bits per heavy atom. The highest BCUT2D eigenvalue weighted by Crippen LogP contribution is 2.38. The van der Waals surface area contributed by atoms with Gasteiger partial charge in [-0.1, -0.05) is 17.3 Å². The topological polar surface area (TPSA) is 167 Å². The number of hydrogen-bond acceptors (Lipinski definition) is 10. The molecule has 4 rings (SSSR count). The molecule has 2 amide bonds. The van der Waals surface area contributed by atoms with Crippen molar-refractivity contribution in [3.05, 3.63) is 49.1 Å². The van der Waals surface area contributed by atoms with Gasteiger partial charge in [0.2, 0.25) is 5.91 Å². The van der Waals surface area contributed by atoms with Gasteiger partial charge in [0, 0.05) is 17.0 Å². The number of aromatic nitrogens is 1. The number of ether oxygens (including phenoxy) is 1. The first-order chi connectivity index (χ1) is 18.5. The van der Waals surface area contributed by atoms with Crippen LogP contribution in [0.25, 0.3) is 10.2 Å². The van der Waals surface area contributed by atoms with Crippen molar-refractivity contribution in [1.29, 1.82) is 0 Å². The van der Waals surface area contributed by atoms with Crippen molar-refractivity contribution in [1.82, 2.24) is 4.57 Å². The lowest BCUT2D eigenvalue weighted by atomic mass is 9.95. The second kappa shape index (κ2) is 11.5. The molecular weight excluding hydrogens is 568 g/mol. The minimum absolute atomic E-state index is 0.00754. The first-order valence-electron chi connectivity index (χ1n) is 11.5. The van der Waals surface area contributed by atoms with Crippen LogP contribution in [0.5, 0.6) is 0 Å². The predicted octanol–water partition coefficient (Wildman–Crippen LogP) is 2.45. The van der Waals surface area contributed by atoms with E-state index in [9.17, 15) is 32.9 Å². The fourth-order valence-electron chi connectivity index (χ4n) is 4.22. The first-order valence-corrected chi connectivity index (χ1v) is 15.0. The molecule has 0 saturated carbocycles. The van der Waals surface area contributed by atoms with Crippen molar-refractivity contribution in [2.45, 2.75) is 32.2 Å². The lowest BCUT2D eigenvalue weighted by Gasteiger charge is -2.11. The van der Waals surface area contributed by atoms with Crippen LogP contribution in [-0.2, 0) is 43.5 Å². The average Bonchev–Trinajstić information content (AvgIpc) is 3.39. The van der Waals surface area contributed by atoms with E-state index in [0.717, 1.165) is 41.0 Å². The molecule has 1 aliphatic carbocycles. The van der Waals surface area contributed by atoms with Crippen molar-refractivity contribution in [2.75, 3.05) is 23.9 Å². The van der Waals surface area contributed by atoms with E-state index in [1.54, 1.807) is 0 Å². The monoisotopic (exact) mass is 590 g/mol. The van der Waals surface area contributed by atoms with Crippen molar-refractivity contribution >= 4 is 71.2 Å². The van der Waals surface area contributed by atoms with Crippen LogP contribution >= 0.6 is 22.7 Å². The Morgan fingerprint density at radius 1 is 1.23 bits per heavy atom. The summed E-state index contributed by atoms with van der Waals surface area (Å²) in [6.07, 6.45) is 8.65. The normalized spacial score (nSPS) is 13.5. The molecule has 0 aliphatic heterocycles. The molecule has 0 spiro atoms. The Hall–Kier alpha value is -3.87. The fourth-order valence-corrected chi connectivity index (χ4v) is 7.61. The molecule has 0 saturated heterocycles. The van der Waals surface area contributed by atoms with Crippen molar-refractivity contribution in [3.8, 4) is 12.3 Å². The van der Waals surface area contributed by atoms with Crippen LogP contribution in [0, 0.1) is 22.5 Å². The molecule has 2 heterocycles. The third-order valence-electron chi connectivity index (χ3n) is 5.86. The highest BCUT2D eigenvalue weighted by Gasteiger charge is 2.28. The van der Waals surface area contributed by atoms with E-state index in [1.807, 2.05) is 0 Å². The molecule has 0 radical (unpaired) electrons. The maximum atomic E-state index is 12.7. The van der Waals surface area contributed by atoms with Gasteiger partial charge in [-0.25, -0.2) is 13.2 Å². The van der Waals surface area contributed by atoms with Crippen LogP contribution in [-0.4, -0.2) is 54.3 Å². The summed E-state index contributed by atoms with van der Waals surface area (Å²) in [6.45, 7) is -0.00754. The van der Waals surface area contributed by atoms with Crippen LogP contribution in [0.1, 0.15) is 33.6 Å². The van der Waals surface area contributed by atoms with Crippen molar-refractivity contribution < 1.29 is 32.5 Å². The molecule has 39 heavy (non-hydrogen) atoms. The maximum absolute atomic E-state index is 12.7. The number of nitro groups is 1. The number of sulfone groups is 1. The van der Waals surface area contributed by atoms with Gasteiger partial charge in [-0.15, -0.1) is 17.8 Å². The molecule has 15 heteroatoms. The molecular formula is C24H22N4O8S3. The van der Waals surface area contributed by atoms with Crippen molar-refractivity contribution in [2.24, 2.45) is 4.99 Å². The molecule has 204 valence electrons. The number of thiophene rings is 1. The lowest BCUT2D eigenvalue weighted by Crippen LogP contribution is -2.28. The molecule has 3 aromatic rings. The number of nitrogens with one attached hydrogen (secondary N) is 1. The van der Waals surface area contributed by atoms with Gasteiger partial charge in [0.25, 0.3) is 11.6 Å². The number of amides is 2. The van der Waals surface area contributed by atoms with E-state index in [2.05, 4.69) is 16.2 Å².